The van der Waals surface area contributed by atoms with E-state index in [0.717, 1.165) is 5.56 Å². The Bertz CT molecular complexity index is 988. The number of sulfonamides is 1. The third-order valence-corrected chi connectivity index (χ3v) is 5.16. The number of nitrogens with one attached hydrogen (secondary N) is 2. The second-order valence-electron chi connectivity index (χ2n) is 5.80. The summed E-state index contributed by atoms with van der Waals surface area (Å²) in [6, 6.07) is 16.3. The Kier molecular flexibility index (Phi) is 5.18. The molecule has 1 aromatic heterocycles. The van der Waals surface area contributed by atoms with Gasteiger partial charge in [-0.15, -0.1) is 0 Å². The van der Waals surface area contributed by atoms with E-state index in [-0.39, 0.29) is 17.3 Å². The van der Waals surface area contributed by atoms with Crippen LogP contribution in [0.5, 0.6) is 0 Å². The SMILES string of the molecule is Cc1ccc(S(=O)(=O)Nc2ccc(NCc3ccccc3F)nc2)cc1. The van der Waals surface area contributed by atoms with E-state index < -0.39 is 10.0 Å². The van der Waals surface area contributed by atoms with E-state index in [9.17, 15) is 12.8 Å². The van der Waals surface area contributed by atoms with Crippen LogP contribution in [0.25, 0.3) is 0 Å². The van der Waals surface area contributed by atoms with Gasteiger partial charge in [0.1, 0.15) is 11.6 Å². The minimum atomic E-state index is -3.66. The van der Waals surface area contributed by atoms with Gasteiger partial charge in [0, 0.05) is 12.1 Å². The molecule has 0 bridgehead atoms. The maximum atomic E-state index is 13.6. The quantitative estimate of drug-likeness (QED) is 0.688. The van der Waals surface area contributed by atoms with Crippen molar-refractivity contribution in [2.45, 2.75) is 18.4 Å². The van der Waals surface area contributed by atoms with Crippen LogP contribution in [-0.4, -0.2) is 13.4 Å². The topological polar surface area (TPSA) is 71.1 Å². The highest BCUT2D eigenvalue weighted by molar-refractivity contribution is 7.92. The minimum absolute atomic E-state index is 0.185. The Morgan fingerprint density at radius 1 is 1.00 bits per heavy atom. The maximum absolute atomic E-state index is 13.6. The van der Waals surface area contributed by atoms with Crippen molar-refractivity contribution in [3.05, 3.63) is 83.8 Å². The average Bonchev–Trinajstić information content (AvgIpc) is 2.62. The first-order valence-electron chi connectivity index (χ1n) is 7.97. The van der Waals surface area contributed by atoms with Gasteiger partial charge in [-0.3, -0.25) is 4.72 Å². The summed E-state index contributed by atoms with van der Waals surface area (Å²) in [4.78, 5) is 4.34. The lowest BCUT2D eigenvalue weighted by Gasteiger charge is -2.10. The van der Waals surface area contributed by atoms with Crippen molar-refractivity contribution in [1.29, 1.82) is 0 Å². The number of halogens is 1. The molecule has 134 valence electrons. The Hall–Kier alpha value is -2.93. The summed E-state index contributed by atoms with van der Waals surface area (Å²) in [7, 11) is -3.66. The summed E-state index contributed by atoms with van der Waals surface area (Å²) in [6.45, 7) is 2.18. The van der Waals surface area contributed by atoms with E-state index in [0.29, 0.717) is 17.1 Å². The van der Waals surface area contributed by atoms with Crippen molar-refractivity contribution in [3.63, 3.8) is 0 Å². The van der Waals surface area contributed by atoms with E-state index >= 15 is 0 Å². The van der Waals surface area contributed by atoms with Crippen LogP contribution in [0.1, 0.15) is 11.1 Å². The largest absolute Gasteiger partial charge is 0.366 e. The van der Waals surface area contributed by atoms with Gasteiger partial charge in [-0.1, -0.05) is 35.9 Å². The van der Waals surface area contributed by atoms with Crippen LogP contribution in [0.3, 0.4) is 0 Å². The lowest BCUT2D eigenvalue weighted by Crippen LogP contribution is -2.13. The predicted octanol–water partition coefficient (Wildman–Crippen LogP) is 3.94. The van der Waals surface area contributed by atoms with Crippen LogP contribution < -0.4 is 10.0 Å². The van der Waals surface area contributed by atoms with Gasteiger partial charge in [-0.05, 0) is 37.3 Å². The average molecular weight is 371 g/mol. The molecule has 0 spiro atoms. The summed E-state index contributed by atoms with van der Waals surface area (Å²) < 4.78 is 40.8. The predicted molar refractivity (Wildman–Crippen MR) is 100.0 cm³/mol. The van der Waals surface area contributed by atoms with Crippen LogP contribution in [0.15, 0.2) is 71.8 Å². The smallest absolute Gasteiger partial charge is 0.261 e. The van der Waals surface area contributed by atoms with Crippen LogP contribution in [0.2, 0.25) is 0 Å². The third-order valence-electron chi connectivity index (χ3n) is 3.76. The summed E-state index contributed by atoms with van der Waals surface area (Å²) in [5.41, 5.74) is 1.86. The van der Waals surface area contributed by atoms with E-state index in [4.69, 9.17) is 0 Å². The third kappa shape index (κ3) is 4.37. The molecule has 0 saturated carbocycles. The Morgan fingerprint density at radius 2 is 1.73 bits per heavy atom. The number of nitrogens with zero attached hydrogens (tertiary/aromatic N) is 1. The molecule has 1 heterocycles. The molecule has 0 radical (unpaired) electrons. The van der Waals surface area contributed by atoms with Gasteiger partial charge < -0.3 is 5.32 Å². The van der Waals surface area contributed by atoms with E-state index in [2.05, 4.69) is 15.0 Å². The zero-order chi connectivity index (χ0) is 18.6. The first-order chi connectivity index (χ1) is 12.4. The Balaban J connectivity index is 1.66. The number of benzene rings is 2. The molecule has 0 saturated heterocycles. The molecule has 3 aromatic rings. The van der Waals surface area contributed by atoms with Gasteiger partial charge in [0.2, 0.25) is 0 Å². The second-order valence-corrected chi connectivity index (χ2v) is 7.48. The van der Waals surface area contributed by atoms with Crippen molar-refractivity contribution in [2.24, 2.45) is 0 Å². The number of pyridine rings is 1. The fourth-order valence-corrected chi connectivity index (χ4v) is 3.36. The molecule has 0 aliphatic rings. The lowest BCUT2D eigenvalue weighted by molar-refractivity contribution is 0.601. The highest BCUT2D eigenvalue weighted by Crippen LogP contribution is 2.17. The summed E-state index contributed by atoms with van der Waals surface area (Å²) >= 11 is 0. The molecule has 26 heavy (non-hydrogen) atoms. The summed E-state index contributed by atoms with van der Waals surface area (Å²) in [5.74, 6) is 0.231. The van der Waals surface area contributed by atoms with E-state index in [1.165, 1.54) is 12.3 Å². The Morgan fingerprint density at radius 3 is 2.38 bits per heavy atom. The number of hydrogen-bond donors (Lipinski definition) is 2. The fourth-order valence-electron chi connectivity index (χ4n) is 2.32. The molecule has 5 nitrogen and oxygen atoms in total. The van der Waals surface area contributed by atoms with Crippen molar-refractivity contribution in [1.82, 2.24) is 4.98 Å². The van der Waals surface area contributed by atoms with E-state index in [1.807, 2.05) is 6.92 Å². The van der Waals surface area contributed by atoms with Gasteiger partial charge in [-0.25, -0.2) is 17.8 Å². The fraction of sp³-hybridized carbons (Fsp3) is 0.105. The molecular formula is C19H18FN3O2S. The van der Waals surface area contributed by atoms with Crippen molar-refractivity contribution in [2.75, 3.05) is 10.0 Å². The molecular weight excluding hydrogens is 353 g/mol. The second kappa shape index (κ2) is 7.53. The number of rotatable bonds is 6. The van der Waals surface area contributed by atoms with Gasteiger partial charge in [0.25, 0.3) is 10.0 Å². The molecule has 2 aromatic carbocycles. The molecule has 0 atom stereocenters. The Labute approximate surface area is 152 Å². The molecule has 0 amide bonds. The van der Waals surface area contributed by atoms with Crippen molar-refractivity contribution in [3.8, 4) is 0 Å². The molecule has 0 aliphatic carbocycles. The maximum Gasteiger partial charge on any atom is 0.261 e. The van der Waals surface area contributed by atoms with E-state index in [1.54, 1.807) is 54.6 Å². The van der Waals surface area contributed by atoms with Crippen LogP contribution in [-0.2, 0) is 16.6 Å². The number of hydrogen-bond acceptors (Lipinski definition) is 4. The molecule has 7 heteroatoms. The number of aryl methyl sites for hydroxylation is 1. The standard InChI is InChI=1S/C19H18FN3O2S/c1-14-6-9-17(10-7-14)26(24,25)23-16-8-11-19(22-13-16)21-12-15-4-2-3-5-18(15)20/h2-11,13,23H,12H2,1H3,(H,21,22). The van der Waals surface area contributed by atoms with Gasteiger partial charge in [0.05, 0.1) is 16.8 Å². The van der Waals surface area contributed by atoms with Gasteiger partial charge in [-0.2, -0.15) is 0 Å². The highest BCUT2D eigenvalue weighted by Gasteiger charge is 2.14. The zero-order valence-corrected chi connectivity index (χ0v) is 14.9. The summed E-state index contributed by atoms with van der Waals surface area (Å²) in [6.07, 6.45) is 1.41. The first-order valence-corrected chi connectivity index (χ1v) is 9.45. The first kappa shape index (κ1) is 17.9. The lowest BCUT2D eigenvalue weighted by atomic mass is 10.2. The molecule has 0 fully saturated rings. The monoisotopic (exact) mass is 371 g/mol. The molecule has 0 unspecified atom stereocenters. The van der Waals surface area contributed by atoms with Crippen LogP contribution in [0, 0.1) is 12.7 Å². The normalized spacial score (nSPS) is 11.2. The number of anilines is 2. The van der Waals surface area contributed by atoms with Gasteiger partial charge in [0.15, 0.2) is 0 Å². The van der Waals surface area contributed by atoms with Gasteiger partial charge >= 0.3 is 0 Å². The summed E-state index contributed by atoms with van der Waals surface area (Å²) in [5, 5.41) is 3.00. The minimum Gasteiger partial charge on any atom is -0.366 e. The molecule has 0 aliphatic heterocycles. The van der Waals surface area contributed by atoms with Crippen LogP contribution >= 0.6 is 0 Å². The van der Waals surface area contributed by atoms with Crippen molar-refractivity contribution >= 4 is 21.5 Å². The molecule has 2 N–H and O–H groups in total. The number of aromatic nitrogens is 1. The highest BCUT2D eigenvalue weighted by atomic mass is 32.2. The van der Waals surface area contributed by atoms with Crippen LogP contribution in [0.4, 0.5) is 15.9 Å². The molecule has 3 rings (SSSR count). The zero-order valence-electron chi connectivity index (χ0n) is 14.1. The van der Waals surface area contributed by atoms with Crippen molar-refractivity contribution < 1.29 is 12.8 Å².